The van der Waals surface area contributed by atoms with E-state index in [1.54, 1.807) is 20.8 Å². The summed E-state index contributed by atoms with van der Waals surface area (Å²) in [6.45, 7) is 7.82. The van der Waals surface area contributed by atoms with Gasteiger partial charge in [0.1, 0.15) is 5.60 Å². The standard InChI is InChI=1S/C14H27NO6/c1-11(8-10-20-19-6)15(9-7-12(16)18-5)13(17)21-14(2,3)4/h11H,7-10H2,1-6H3. The molecule has 0 fully saturated rings. The molecule has 0 rings (SSSR count). The summed E-state index contributed by atoms with van der Waals surface area (Å²) >= 11 is 0. The monoisotopic (exact) mass is 305 g/mol. The van der Waals surface area contributed by atoms with Gasteiger partial charge in [-0.2, -0.15) is 0 Å². The molecule has 0 aromatic carbocycles. The molecule has 0 bridgehead atoms. The van der Waals surface area contributed by atoms with Crippen LogP contribution in [-0.2, 0) is 24.0 Å². The van der Waals surface area contributed by atoms with E-state index < -0.39 is 11.7 Å². The zero-order valence-electron chi connectivity index (χ0n) is 13.8. The predicted octanol–water partition coefficient (Wildman–Crippen LogP) is 2.14. The van der Waals surface area contributed by atoms with Crippen LogP contribution in [0.2, 0.25) is 0 Å². The minimum Gasteiger partial charge on any atom is -0.469 e. The highest BCUT2D eigenvalue weighted by molar-refractivity contribution is 5.72. The number of hydrogen-bond donors (Lipinski definition) is 0. The zero-order valence-corrected chi connectivity index (χ0v) is 13.8. The quantitative estimate of drug-likeness (QED) is 0.296. The molecule has 1 unspecified atom stereocenters. The number of amides is 1. The SMILES string of the molecule is COOCCC(C)N(CCC(=O)OC)C(=O)OC(C)(C)C. The second-order valence-corrected chi connectivity index (χ2v) is 5.63. The van der Waals surface area contributed by atoms with Gasteiger partial charge in [0.2, 0.25) is 0 Å². The van der Waals surface area contributed by atoms with E-state index in [-0.39, 0.29) is 25.0 Å². The zero-order chi connectivity index (χ0) is 16.5. The van der Waals surface area contributed by atoms with Crippen molar-refractivity contribution in [2.45, 2.75) is 52.2 Å². The first-order valence-corrected chi connectivity index (χ1v) is 6.93. The molecule has 124 valence electrons. The van der Waals surface area contributed by atoms with Gasteiger partial charge in [-0.05, 0) is 34.1 Å². The summed E-state index contributed by atoms with van der Waals surface area (Å²) in [7, 11) is 2.74. The van der Waals surface area contributed by atoms with Gasteiger partial charge in [-0.1, -0.05) is 0 Å². The highest BCUT2D eigenvalue weighted by atomic mass is 17.2. The first-order chi connectivity index (χ1) is 9.71. The van der Waals surface area contributed by atoms with Gasteiger partial charge in [0.15, 0.2) is 0 Å². The fourth-order valence-corrected chi connectivity index (χ4v) is 1.58. The number of esters is 1. The molecule has 0 spiro atoms. The maximum Gasteiger partial charge on any atom is 0.410 e. The number of hydrogen-bond acceptors (Lipinski definition) is 6. The average molecular weight is 305 g/mol. The summed E-state index contributed by atoms with van der Waals surface area (Å²) < 4.78 is 9.95. The second-order valence-electron chi connectivity index (χ2n) is 5.63. The van der Waals surface area contributed by atoms with Crippen molar-refractivity contribution in [1.29, 1.82) is 0 Å². The number of carbonyl (C=O) groups excluding carboxylic acids is 2. The molecule has 0 N–H and O–H groups in total. The molecular formula is C14H27NO6. The molecule has 1 atom stereocenters. The van der Waals surface area contributed by atoms with Crippen molar-refractivity contribution in [3.8, 4) is 0 Å². The van der Waals surface area contributed by atoms with Crippen molar-refractivity contribution in [2.24, 2.45) is 0 Å². The highest BCUT2D eigenvalue weighted by Gasteiger charge is 2.26. The van der Waals surface area contributed by atoms with Gasteiger partial charge in [0.05, 0.1) is 27.2 Å². The highest BCUT2D eigenvalue weighted by Crippen LogP contribution is 2.14. The maximum atomic E-state index is 12.2. The van der Waals surface area contributed by atoms with Crippen LogP contribution in [0.3, 0.4) is 0 Å². The molecule has 0 aliphatic heterocycles. The lowest BCUT2D eigenvalue weighted by Gasteiger charge is -2.31. The van der Waals surface area contributed by atoms with Crippen molar-refractivity contribution >= 4 is 12.1 Å². The van der Waals surface area contributed by atoms with E-state index in [1.807, 2.05) is 6.92 Å². The Kier molecular flexibility index (Phi) is 8.96. The van der Waals surface area contributed by atoms with E-state index in [0.717, 1.165) is 0 Å². The Bertz CT molecular complexity index is 326. The summed E-state index contributed by atoms with van der Waals surface area (Å²) in [5.41, 5.74) is -0.594. The third kappa shape index (κ3) is 9.25. The number of methoxy groups -OCH3 is 1. The van der Waals surface area contributed by atoms with Gasteiger partial charge in [0, 0.05) is 12.6 Å². The first-order valence-electron chi connectivity index (χ1n) is 6.93. The Balaban J connectivity index is 4.66. The summed E-state index contributed by atoms with van der Waals surface area (Å²) in [4.78, 5) is 34.3. The summed E-state index contributed by atoms with van der Waals surface area (Å²) in [5, 5.41) is 0. The molecule has 7 nitrogen and oxygen atoms in total. The van der Waals surface area contributed by atoms with Crippen LogP contribution < -0.4 is 0 Å². The number of carbonyl (C=O) groups is 2. The van der Waals surface area contributed by atoms with Gasteiger partial charge in [0.25, 0.3) is 0 Å². The van der Waals surface area contributed by atoms with E-state index in [0.29, 0.717) is 13.0 Å². The molecule has 0 aromatic rings. The Hall–Kier alpha value is -1.34. The van der Waals surface area contributed by atoms with Gasteiger partial charge >= 0.3 is 12.1 Å². The van der Waals surface area contributed by atoms with Crippen LogP contribution in [0.1, 0.15) is 40.5 Å². The predicted molar refractivity (Wildman–Crippen MR) is 76.6 cm³/mol. The Morgan fingerprint density at radius 2 is 1.81 bits per heavy atom. The van der Waals surface area contributed by atoms with E-state index in [9.17, 15) is 9.59 Å². The lowest BCUT2D eigenvalue weighted by atomic mass is 10.2. The van der Waals surface area contributed by atoms with E-state index in [4.69, 9.17) is 9.62 Å². The lowest BCUT2D eigenvalue weighted by Crippen LogP contribution is -2.43. The Morgan fingerprint density at radius 1 is 1.19 bits per heavy atom. The van der Waals surface area contributed by atoms with Crippen molar-refractivity contribution in [2.75, 3.05) is 27.4 Å². The lowest BCUT2D eigenvalue weighted by molar-refractivity contribution is -0.273. The Labute approximate surface area is 126 Å². The molecule has 0 heterocycles. The number of rotatable bonds is 8. The van der Waals surface area contributed by atoms with Crippen molar-refractivity contribution in [3.63, 3.8) is 0 Å². The van der Waals surface area contributed by atoms with Gasteiger partial charge in [-0.3, -0.25) is 4.79 Å². The molecule has 1 amide bonds. The number of ether oxygens (including phenoxy) is 2. The Morgan fingerprint density at radius 3 is 2.29 bits per heavy atom. The molecule has 0 radical (unpaired) electrons. The largest absolute Gasteiger partial charge is 0.469 e. The summed E-state index contributed by atoms with van der Waals surface area (Å²) in [5.74, 6) is -0.371. The van der Waals surface area contributed by atoms with Gasteiger partial charge < -0.3 is 14.4 Å². The van der Waals surface area contributed by atoms with Gasteiger partial charge in [-0.25, -0.2) is 14.6 Å². The minimum absolute atomic E-state index is 0.116. The van der Waals surface area contributed by atoms with Crippen LogP contribution in [0.5, 0.6) is 0 Å². The summed E-state index contributed by atoms with van der Waals surface area (Å²) in [6, 6.07) is -0.153. The molecular weight excluding hydrogens is 278 g/mol. The molecule has 0 saturated heterocycles. The van der Waals surface area contributed by atoms with Crippen LogP contribution in [0.15, 0.2) is 0 Å². The van der Waals surface area contributed by atoms with Crippen LogP contribution in [0.25, 0.3) is 0 Å². The smallest absolute Gasteiger partial charge is 0.410 e. The molecule has 0 aliphatic rings. The van der Waals surface area contributed by atoms with Crippen LogP contribution in [-0.4, -0.2) is 56.0 Å². The van der Waals surface area contributed by atoms with Gasteiger partial charge in [-0.15, -0.1) is 0 Å². The van der Waals surface area contributed by atoms with Crippen LogP contribution >= 0.6 is 0 Å². The van der Waals surface area contributed by atoms with E-state index in [2.05, 4.69) is 9.62 Å². The topological polar surface area (TPSA) is 74.3 Å². The second kappa shape index (κ2) is 9.57. The fraction of sp³-hybridized carbons (Fsp3) is 0.857. The van der Waals surface area contributed by atoms with Crippen molar-refractivity contribution in [3.05, 3.63) is 0 Å². The summed E-state index contributed by atoms with van der Waals surface area (Å²) in [6.07, 6.45) is 0.218. The van der Waals surface area contributed by atoms with Crippen LogP contribution in [0.4, 0.5) is 4.79 Å². The van der Waals surface area contributed by atoms with E-state index >= 15 is 0 Å². The average Bonchev–Trinajstić information content (AvgIpc) is 2.36. The molecule has 0 saturated carbocycles. The number of nitrogens with zero attached hydrogens (tertiary/aromatic N) is 1. The maximum absolute atomic E-state index is 12.2. The fourth-order valence-electron chi connectivity index (χ4n) is 1.58. The molecule has 7 heteroatoms. The first kappa shape index (κ1) is 19.7. The van der Waals surface area contributed by atoms with Crippen molar-refractivity contribution < 1.29 is 28.8 Å². The van der Waals surface area contributed by atoms with E-state index in [1.165, 1.54) is 19.1 Å². The normalized spacial score (nSPS) is 12.7. The van der Waals surface area contributed by atoms with Crippen molar-refractivity contribution in [1.82, 2.24) is 4.90 Å². The minimum atomic E-state index is -0.594. The molecule has 21 heavy (non-hydrogen) atoms. The molecule has 0 aromatic heterocycles. The third-order valence-corrected chi connectivity index (χ3v) is 2.68. The molecule has 0 aliphatic carbocycles. The van der Waals surface area contributed by atoms with Crippen LogP contribution in [0, 0.1) is 0 Å². The third-order valence-electron chi connectivity index (χ3n) is 2.68.